The van der Waals surface area contributed by atoms with Crippen LogP contribution in [0.15, 0.2) is 12.4 Å². The first-order valence-corrected chi connectivity index (χ1v) is 8.25. The van der Waals surface area contributed by atoms with E-state index in [0.717, 1.165) is 25.4 Å². The van der Waals surface area contributed by atoms with Gasteiger partial charge in [0, 0.05) is 37.4 Å². The predicted molar refractivity (Wildman–Crippen MR) is 87.2 cm³/mol. The summed E-state index contributed by atoms with van der Waals surface area (Å²) in [4.78, 5) is 4.84. The third-order valence-corrected chi connectivity index (χ3v) is 4.63. The van der Waals surface area contributed by atoms with Crippen LogP contribution >= 0.6 is 0 Å². The highest BCUT2D eigenvalue weighted by molar-refractivity contribution is 5.11. The van der Waals surface area contributed by atoms with Gasteiger partial charge in [-0.25, -0.2) is 0 Å². The van der Waals surface area contributed by atoms with Gasteiger partial charge < -0.3 is 10.6 Å². The van der Waals surface area contributed by atoms with E-state index in [2.05, 4.69) is 42.1 Å². The van der Waals surface area contributed by atoms with Gasteiger partial charge in [-0.15, -0.1) is 0 Å². The lowest BCUT2D eigenvalue weighted by molar-refractivity contribution is 0.151. The second-order valence-electron chi connectivity index (χ2n) is 6.47. The molecule has 0 bridgehead atoms. The van der Waals surface area contributed by atoms with E-state index in [1.165, 1.54) is 31.5 Å². The molecule has 1 aromatic rings. The van der Waals surface area contributed by atoms with Crippen molar-refractivity contribution in [1.82, 2.24) is 19.6 Å². The quantitative estimate of drug-likeness (QED) is 0.829. The van der Waals surface area contributed by atoms with Crippen molar-refractivity contribution in [1.29, 1.82) is 0 Å². The minimum atomic E-state index is 0.287. The molecule has 1 fully saturated rings. The van der Waals surface area contributed by atoms with Crippen molar-refractivity contribution in [2.24, 2.45) is 11.7 Å². The molecule has 21 heavy (non-hydrogen) atoms. The Morgan fingerprint density at radius 3 is 2.76 bits per heavy atom. The SMILES string of the molecule is CCCn1cc(C(CN)N(C)CC2CCN(C)CC2)cn1. The molecule has 1 aliphatic heterocycles. The number of piperidine rings is 1. The van der Waals surface area contributed by atoms with Crippen LogP contribution in [0.25, 0.3) is 0 Å². The number of rotatable bonds is 7. The first-order chi connectivity index (χ1) is 10.1. The van der Waals surface area contributed by atoms with Gasteiger partial charge in [0.05, 0.1) is 6.20 Å². The van der Waals surface area contributed by atoms with Gasteiger partial charge in [-0.1, -0.05) is 6.92 Å². The van der Waals surface area contributed by atoms with Crippen LogP contribution in [0.4, 0.5) is 0 Å². The highest BCUT2D eigenvalue weighted by Crippen LogP contribution is 2.23. The van der Waals surface area contributed by atoms with E-state index in [1.54, 1.807) is 0 Å². The summed E-state index contributed by atoms with van der Waals surface area (Å²) in [5.74, 6) is 0.797. The zero-order chi connectivity index (χ0) is 15.2. The Hall–Kier alpha value is -0.910. The van der Waals surface area contributed by atoms with Crippen LogP contribution in [0.1, 0.15) is 37.8 Å². The lowest BCUT2D eigenvalue weighted by atomic mass is 9.95. The molecule has 1 saturated heterocycles. The summed E-state index contributed by atoms with van der Waals surface area (Å²) in [5.41, 5.74) is 7.28. The minimum absolute atomic E-state index is 0.287. The molecule has 2 heterocycles. The molecule has 0 amide bonds. The molecular weight excluding hydrogens is 262 g/mol. The van der Waals surface area contributed by atoms with Crippen LogP contribution in [0.5, 0.6) is 0 Å². The van der Waals surface area contributed by atoms with Crippen LogP contribution in [-0.4, -0.2) is 59.9 Å². The lowest BCUT2D eigenvalue weighted by Gasteiger charge is -2.34. The number of nitrogens with two attached hydrogens (primary N) is 1. The van der Waals surface area contributed by atoms with Crippen molar-refractivity contribution >= 4 is 0 Å². The molecule has 5 heteroatoms. The molecule has 0 spiro atoms. The normalized spacial score (nSPS) is 19.3. The molecular formula is C16H31N5. The van der Waals surface area contributed by atoms with Crippen LogP contribution in [-0.2, 0) is 6.54 Å². The lowest BCUT2D eigenvalue weighted by Crippen LogP contribution is -2.38. The number of likely N-dealkylation sites (N-methyl/N-ethyl adjacent to an activating group) is 1. The standard InChI is InChI=1S/C16H31N5/c1-4-7-21-13-15(11-18-21)16(10-17)20(3)12-14-5-8-19(2)9-6-14/h11,13-14,16H,4-10,12,17H2,1-3H3. The van der Waals surface area contributed by atoms with E-state index in [1.807, 2.05) is 10.9 Å². The average molecular weight is 293 g/mol. The number of hydrogen-bond donors (Lipinski definition) is 1. The van der Waals surface area contributed by atoms with E-state index in [4.69, 9.17) is 5.73 Å². The van der Waals surface area contributed by atoms with Crippen molar-refractivity contribution in [2.45, 2.75) is 38.8 Å². The van der Waals surface area contributed by atoms with Gasteiger partial charge in [-0.2, -0.15) is 5.10 Å². The Morgan fingerprint density at radius 1 is 1.43 bits per heavy atom. The molecule has 1 unspecified atom stereocenters. The van der Waals surface area contributed by atoms with Gasteiger partial charge in [0.15, 0.2) is 0 Å². The highest BCUT2D eigenvalue weighted by atomic mass is 15.3. The molecule has 2 rings (SSSR count). The van der Waals surface area contributed by atoms with E-state index >= 15 is 0 Å². The largest absolute Gasteiger partial charge is 0.329 e. The number of likely N-dealkylation sites (tertiary alicyclic amines) is 1. The molecule has 5 nitrogen and oxygen atoms in total. The van der Waals surface area contributed by atoms with Crippen molar-refractivity contribution < 1.29 is 0 Å². The summed E-state index contributed by atoms with van der Waals surface area (Å²) < 4.78 is 2.03. The fraction of sp³-hybridized carbons (Fsp3) is 0.812. The maximum Gasteiger partial charge on any atom is 0.0538 e. The first-order valence-electron chi connectivity index (χ1n) is 8.25. The summed E-state index contributed by atoms with van der Waals surface area (Å²) in [6.07, 6.45) is 7.85. The maximum atomic E-state index is 6.03. The van der Waals surface area contributed by atoms with Crippen LogP contribution in [0.3, 0.4) is 0 Å². The van der Waals surface area contributed by atoms with Crippen LogP contribution < -0.4 is 5.73 Å². The summed E-state index contributed by atoms with van der Waals surface area (Å²) >= 11 is 0. The Labute approximate surface area is 129 Å². The van der Waals surface area contributed by atoms with E-state index in [0.29, 0.717) is 6.54 Å². The van der Waals surface area contributed by atoms with Gasteiger partial charge in [-0.3, -0.25) is 9.58 Å². The van der Waals surface area contributed by atoms with Gasteiger partial charge in [0.1, 0.15) is 0 Å². The molecule has 1 aliphatic rings. The molecule has 2 N–H and O–H groups in total. The molecule has 1 aromatic heterocycles. The smallest absolute Gasteiger partial charge is 0.0538 e. The number of aromatic nitrogens is 2. The molecule has 0 radical (unpaired) electrons. The highest BCUT2D eigenvalue weighted by Gasteiger charge is 2.23. The summed E-state index contributed by atoms with van der Waals surface area (Å²) in [6, 6.07) is 0.287. The van der Waals surface area contributed by atoms with Gasteiger partial charge in [0.25, 0.3) is 0 Å². The fourth-order valence-corrected chi connectivity index (χ4v) is 3.25. The van der Waals surface area contributed by atoms with Crippen molar-refractivity contribution in [3.05, 3.63) is 18.0 Å². The van der Waals surface area contributed by atoms with Crippen LogP contribution in [0, 0.1) is 5.92 Å². The minimum Gasteiger partial charge on any atom is -0.329 e. The molecule has 0 aromatic carbocycles. The Morgan fingerprint density at radius 2 is 2.14 bits per heavy atom. The first kappa shape index (κ1) is 16.5. The summed E-state index contributed by atoms with van der Waals surface area (Å²) in [5, 5.41) is 4.44. The Bertz CT molecular complexity index is 409. The third-order valence-electron chi connectivity index (χ3n) is 4.63. The van der Waals surface area contributed by atoms with E-state index in [9.17, 15) is 0 Å². The third kappa shape index (κ3) is 4.53. The Balaban J connectivity index is 1.92. The predicted octanol–water partition coefficient (Wildman–Crippen LogP) is 1.57. The molecule has 120 valence electrons. The van der Waals surface area contributed by atoms with Crippen molar-refractivity contribution in [2.75, 3.05) is 40.3 Å². The molecule has 0 saturated carbocycles. The number of hydrogen-bond acceptors (Lipinski definition) is 4. The zero-order valence-electron chi connectivity index (χ0n) is 13.8. The monoisotopic (exact) mass is 293 g/mol. The number of nitrogens with zero attached hydrogens (tertiary/aromatic N) is 4. The van der Waals surface area contributed by atoms with Crippen molar-refractivity contribution in [3.63, 3.8) is 0 Å². The van der Waals surface area contributed by atoms with Gasteiger partial charge >= 0.3 is 0 Å². The average Bonchev–Trinajstić information content (AvgIpc) is 2.91. The van der Waals surface area contributed by atoms with Crippen LogP contribution in [0.2, 0.25) is 0 Å². The Kier molecular flexibility index (Phi) is 6.21. The second-order valence-corrected chi connectivity index (χ2v) is 6.47. The topological polar surface area (TPSA) is 50.3 Å². The second kappa shape index (κ2) is 7.92. The summed E-state index contributed by atoms with van der Waals surface area (Å²) in [7, 11) is 4.41. The van der Waals surface area contributed by atoms with Gasteiger partial charge in [-0.05, 0) is 52.4 Å². The maximum absolute atomic E-state index is 6.03. The number of aryl methyl sites for hydroxylation is 1. The van der Waals surface area contributed by atoms with E-state index in [-0.39, 0.29) is 6.04 Å². The van der Waals surface area contributed by atoms with Gasteiger partial charge in [0.2, 0.25) is 0 Å². The molecule has 1 atom stereocenters. The zero-order valence-corrected chi connectivity index (χ0v) is 13.8. The van der Waals surface area contributed by atoms with E-state index < -0.39 is 0 Å². The fourth-order valence-electron chi connectivity index (χ4n) is 3.25. The van der Waals surface area contributed by atoms with Crippen molar-refractivity contribution in [3.8, 4) is 0 Å². The summed E-state index contributed by atoms with van der Waals surface area (Å²) in [6.45, 7) is 7.39. The molecule has 0 aliphatic carbocycles.